The highest BCUT2D eigenvalue weighted by Gasteiger charge is 2.07. The normalized spacial score (nSPS) is 12.3. The molecule has 1 aromatic heterocycles. The third-order valence-corrected chi connectivity index (χ3v) is 2.53. The monoisotopic (exact) mass is 213 g/mol. The van der Waals surface area contributed by atoms with E-state index >= 15 is 0 Å². The number of benzene rings is 1. The average Bonchev–Trinajstić information content (AvgIpc) is 2.32. The van der Waals surface area contributed by atoms with Crippen molar-refractivity contribution in [1.29, 1.82) is 0 Å². The summed E-state index contributed by atoms with van der Waals surface area (Å²) in [5.74, 6) is 0. The molecule has 1 atom stereocenters. The largest absolute Gasteiger partial charge is 0.396 e. The van der Waals surface area contributed by atoms with Gasteiger partial charge >= 0.3 is 0 Å². The molecule has 0 aliphatic heterocycles. The number of hydrogen-bond acceptors (Lipinski definition) is 3. The van der Waals surface area contributed by atoms with Crippen molar-refractivity contribution in [1.82, 2.24) is 4.98 Å². The Kier molecular flexibility index (Phi) is 2.77. The molecule has 0 bridgehead atoms. The van der Waals surface area contributed by atoms with Crippen LogP contribution in [0.3, 0.4) is 0 Å². The molecule has 0 saturated carbocycles. The number of nitrogens with two attached hydrogens (primary N) is 1. The molecule has 2 rings (SSSR count). The lowest BCUT2D eigenvalue weighted by molar-refractivity contribution is 1.00. The SMILES string of the molecule is C=CC(C)Nc1c(N)cnc2ccccc12. The van der Waals surface area contributed by atoms with Crippen LogP contribution in [0.15, 0.2) is 43.1 Å². The fourth-order valence-electron chi connectivity index (χ4n) is 1.60. The van der Waals surface area contributed by atoms with Gasteiger partial charge in [0.05, 0.1) is 23.1 Å². The first-order valence-corrected chi connectivity index (χ1v) is 5.24. The summed E-state index contributed by atoms with van der Waals surface area (Å²) in [5.41, 5.74) is 8.46. The van der Waals surface area contributed by atoms with E-state index in [0.29, 0.717) is 5.69 Å². The molecule has 3 nitrogen and oxygen atoms in total. The number of rotatable bonds is 3. The van der Waals surface area contributed by atoms with Gasteiger partial charge < -0.3 is 11.1 Å². The maximum Gasteiger partial charge on any atom is 0.0743 e. The second-order valence-corrected chi connectivity index (χ2v) is 3.77. The summed E-state index contributed by atoms with van der Waals surface area (Å²) in [6.07, 6.45) is 3.52. The van der Waals surface area contributed by atoms with E-state index in [-0.39, 0.29) is 6.04 Å². The van der Waals surface area contributed by atoms with E-state index in [1.54, 1.807) is 6.20 Å². The number of nitrogens with zero attached hydrogens (tertiary/aromatic N) is 1. The molecule has 1 aromatic carbocycles. The molecule has 0 amide bonds. The Balaban J connectivity index is 2.56. The van der Waals surface area contributed by atoms with Gasteiger partial charge in [-0.25, -0.2) is 0 Å². The topological polar surface area (TPSA) is 50.9 Å². The smallest absolute Gasteiger partial charge is 0.0743 e. The lowest BCUT2D eigenvalue weighted by atomic mass is 10.1. The predicted octanol–water partition coefficient (Wildman–Crippen LogP) is 2.80. The minimum Gasteiger partial charge on any atom is -0.396 e. The first-order chi connectivity index (χ1) is 7.72. The number of aromatic nitrogens is 1. The van der Waals surface area contributed by atoms with E-state index < -0.39 is 0 Å². The molecule has 0 fully saturated rings. The van der Waals surface area contributed by atoms with E-state index in [1.807, 2.05) is 37.3 Å². The maximum atomic E-state index is 5.93. The van der Waals surface area contributed by atoms with Crippen molar-refractivity contribution in [3.63, 3.8) is 0 Å². The summed E-state index contributed by atoms with van der Waals surface area (Å²) in [7, 11) is 0. The van der Waals surface area contributed by atoms with Crippen LogP contribution in [0.25, 0.3) is 10.9 Å². The van der Waals surface area contributed by atoms with Crippen LogP contribution >= 0.6 is 0 Å². The van der Waals surface area contributed by atoms with Gasteiger partial charge in [0.1, 0.15) is 0 Å². The highest BCUT2D eigenvalue weighted by atomic mass is 14.9. The summed E-state index contributed by atoms with van der Waals surface area (Å²) in [4.78, 5) is 4.28. The molecule has 2 aromatic rings. The lowest BCUT2D eigenvalue weighted by Crippen LogP contribution is -2.13. The fraction of sp³-hybridized carbons (Fsp3) is 0.154. The Morgan fingerprint density at radius 1 is 1.44 bits per heavy atom. The fourth-order valence-corrected chi connectivity index (χ4v) is 1.60. The summed E-state index contributed by atoms with van der Waals surface area (Å²) in [5, 5.41) is 4.36. The zero-order valence-electron chi connectivity index (χ0n) is 9.27. The Hall–Kier alpha value is -2.03. The summed E-state index contributed by atoms with van der Waals surface area (Å²) < 4.78 is 0. The van der Waals surface area contributed by atoms with E-state index in [2.05, 4.69) is 16.9 Å². The first kappa shape index (κ1) is 10.5. The Labute approximate surface area is 95.0 Å². The average molecular weight is 213 g/mol. The quantitative estimate of drug-likeness (QED) is 0.771. The van der Waals surface area contributed by atoms with Crippen molar-refractivity contribution in [3.8, 4) is 0 Å². The van der Waals surface area contributed by atoms with Crippen molar-refractivity contribution in [2.45, 2.75) is 13.0 Å². The van der Waals surface area contributed by atoms with Gasteiger partial charge in [0, 0.05) is 11.4 Å². The van der Waals surface area contributed by atoms with Gasteiger partial charge in [-0.3, -0.25) is 4.98 Å². The molecule has 0 radical (unpaired) electrons. The number of anilines is 2. The number of nitrogens with one attached hydrogen (secondary N) is 1. The van der Waals surface area contributed by atoms with E-state index in [9.17, 15) is 0 Å². The van der Waals surface area contributed by atoms with Crippen molar-refractivity contribution in [2.24, 2.45) is 0 Å². The summed E-state index contributed by atoms with van der Waals surface area (Å²) in [6, 6.07) is 8.10. The second kappa shape index (κ2) is 4.23. The Morgan fingerprint density at radius 2 is 2.19 bits per heavy atom. The van der Waals surface area contributed by atoms with Crippen LogP contribution in [0.5, 0.6) is 0 Å². The molecule has 3 N–H and O–H groups in total. The Bertz CT molecular complexity index is 520. The lowest BCUT2D eigenvalue weighted by Gasteiger charge is -2.15. The third-order valence-electron chi connectivity index (χ3n) is 2.53. The highest BCUT2D eigenvalue weighted by Crippen LogP contribution is 2.28. The highest BCUT2D eigenvalue weighted by molar-refractivity contribution is 5.96. The van der Waals surface area contributed by atoms with Crippen LogP contribution in [-0.2, 0) is 0 Å². The van der Waals surface area contributed by atoms with E-state index in [0.717, 1.165) is 16.6 Å². The van der Waals surface area contributed by atoms with Crippen LogP contribution in [0.1, 0.15) is 6.92 Å². The van der Waals surface area contributed by atoms with Crippen molar-refractivity contribution in [2.75, 3.05) is 11.1 Å². The van der Waals surface area contributed by atoms with Crippen molar-refractivity contribution in [3.05, 3.63) is 43.1 Å². The first-order valence-electron chi connectivity index (χ1n) is 5.24. The third kappa shape index (κ3) is 1.84. The number of fused-ring (bicyclic) bond motifs is 1. The number of pyridine rings is 1. The molecule has 16 heavy (non-hydrogen) atoms. The molecule has 0 saturated heterocycles. The Morgan fingerprint density at radius 3 is 2.94 bits per heavy atom. The molecule has 1 heterocycles. The van der Waals surface area contributed by atoms with E-state index in [1.165, 1.54) is 0 Å². The minimum absolute atomic E-state index is 0.174. The van der Waals surface area contributed by atoms with Gasteiger partial charge in [-0.1, -0.05) is 24.3 Å². The van der Waals surface area contributed by atoms with Crippen molar-refractivity contribution >= 4 is 22.3 Å². The van der Waals surface area contributed by atoms with Gasteiger partial charge in [0.2, 0.25) is 0 Å². The van der Waals surface area contributed by atoms with Crippen LogP contribution in [0.2, 0.25) is 0 Å². The standard InChI is InChI=1S/C13H15N3/c1-3-9(2)16-13-10-6-4-5-7-12(10)15-8-11(13)14/h3-9H,1,14H2,2H3,(H,15,16). The zero-order valence-corrected chi connectivity index (χ0v) is 9.27. The molecule has 0 aliphatic rings. The number of para-hydroxylation sites is 1. The summed E-state index contributed by atoms with van der Waals surface area (Å²) in [6.45, 7) is 5.78. The van der Waals surface area contributed by atoms with Gasteiger partial charge in [-0.15, -0.1) is 6.58 Å². The number of nitrogen functional groups attached to an aromatic ring is 1. The molecular formula is C13H15N3. The van der Waals surface area contributed by atoms with Gasteiger partial charge in [-0.05, 0) is 13.0 Å². The van der Waals surface area contributed by atoms with Gasteiger partial charge in [0.15, 0.2) is 0 Å². The molecular weight excluding hydrogens is 198 g/mol. The summed E-state index contributed by atoms with van der Waals surface area (Å²) >= 11 is 0. The van der Waals surface area contributed by atoms with Crippen LogP contribution in [-0.4, -0.2) is 11.0 Å². The molecule has 0 aliphatic carbocycles. The van der Waals surface area contributed by atoms with Crippen LogP contribution in [0, 0.1) is 0 Å². The maximum absolute atomic E-state index is 5.93. The predicted molar refractivity (Wildman–Crippen MR) is 69.4 cm³/mol. The van der Waals surface area contributed by atoms with E-state index in [4.69, 9.17) is 5.73 Å². The molecule has 1 unspecified atom stereocenters. The molecule has 82 valence electrons. The van der Waals surface area contributed by atoms with Gasteiger partial charge in [-0.2, -0.15) is 0 Å². The molecule has 3 heteroatoms. The van der Waals surface area contributed by atoms with Crippen molar-refractivity contribution < 1.29 is 0 Å². The van der Waals surface area contributed by atoms with Gasteiger partial charge in [0.25, 0.3) is 0 Å². The van der Waals surface area contributed by atoms with Crippen LogP contribution in [0.4, 0.5) is 11.4 Å². The zero-order chi connectivity index (χ0) is 11.5. The number of hydrogen-bond donors (Lipinski definition) is 2. The minimum atomic E-state index is 0.174. The second-order valence-electron chi connectivity index (χ2n) is 3.77. The molecule has 0 spiro atoms. The van der Waals surface area contributed by atoms with Crippen LogP contribution < -0.4 is 11.1 Å².